The van der Waals surface area contributed by atoms with Crippen molar-refractivity contribution in [2.45, 2.75) is 13.5 Å². The number of benzene rings is 1. The van der Waals surface area contributed by atoms with E-state index in [0.717, 1.165) is 5.56 Å². The van der Waals surface area contributed by atoms with Crippen molar-refractivity contribution in [3.63, 3.8) is 0 Å². The maximum Gasteiger partial charge on any atom is 0.207 e. The molecule has 0 bridgehead atoms. The van der Waals surface area contributed by atoms with Crippen LogP contribution < -0.4 is 5.32 Å². The Balaban J connectivity index is 2.25. The van der Waals surface area contributed by atoms with Crippen molar-refractivity contribution < 1.29 is 4.39 Å². The van der Waals surface area contributed by atoms with Crippen molar-refractivity contribution in [1.82, 2.24) is 9.55 Å². The van der Waals surface area contributed by atoms with Gasteiger partial charge in [-0.3, -0.25) is 0 Å². The largest absolute Gasteiger partial charge is 0.323 e. The zero-order valence-electron chi connectivity index (χ0n) is 9.65. The van der Waals surface area contributed by atoms with E-state index < -0.39 is 0 Å². The van der Waals surface area contributed by atoms with Crippen molar-refractivity contribution >= 4 is 11.6 Å². The standard InChI is InChI=1S/C13H14FN3/c1-3-7-17-8-6-15-13(17)16-12-5-4-10(2)9-11(12)14/h3-6,8-9H,1,7H2,2H3,(H,15,16). The predicted octanol–water partition coefficient (Wildman–Crippen LogP) is 3.26. The first kappa shape index (κ1) is 11.4. The van der Waals surface area contributed by atoms with E-state index in [4.69, 9.17) is 0 Å². The molecule has 0 atom stereocenters. The summed E-state index contributed by atoms with van der Waals surface area (Å²) < 4.78 is 15.5. The number of imidazole rings is 1. The van der Waals surface area contributed by atoms with Crippen molar-refractivity contribution in [3.8, 4) is 0 Å². The van der Waals surface area contributed by atoms with Gasteiger partial charge in [-0.25, -0.2) is 9.37 Å². The molecule has 1 aromatic carbocycles. The van der Waals surface area contributed by atoms with E-state index in [1.807, 2.05) is 23.8 Å². The zero-order valence-corrected chi connectivity index (χ0v) is 9.65. The van der Waals surface area contributed by atoms with Gasteiger partial charge in [0.15, 0.2) is 0 Å². The average molecular weight is 231 g/mol. The van der Waals surface area contributed by atoms with Gasteiger partial charge in [-0.2, -0.15) is 0 Å². The number of halogens is 1. The molecule has 0 saturated heterocycles. The maximum absolute atomic E-state index is 13.6. The maximum atomic E-state index is 13.6. The van der Waals surface area contributed by atoms with Gasteiger partial charge in [0.1, 0.15) is 5.82 Å². The topological polar surface area (TPSA) is 29.9 Å². The Bertz CT molecular complexity index is 531. The SMILES string of the molecule is C=CCn1ccnc1Nc1ccc(C)cc1F. The fourth-order valence-electron chi connectivity index (χ4n) is 1.56. The summed E-state index contributed by atoms with van der Waals surface area (Å²) in [7, 11) is 0. The second kappa shape index (κ2) is 4.82. The lowest BCUT2D eigenvalue weighted by Crippen LogP contribution is -2.03. The lowest BCUT2D eigenvalue weighted by atomic mass is 10.2. The molecule has 88 valence electrons. The number of hydrogen-bond donors (Lipinski definition) is 1. The van der Waals surface area contributed by atoms with Crippen LogP contribution in [0.5, 0.6) is 0 Å². The third-order valence-corrected chi connectivity index (χ3v) is 2.41. The van der Waals surface area contributed by atoms with Crippen LogP contribution >= 0.6 is 0 Å². The van der Waals surface area contributed by atoms with E-state index in [9.17, 15) is 4.39 Å². The molecule has 1 N–H and O–H groups in total. The van der Waals surface area contributed by atoms with Gasteiger partial charge >= 0.3 is 0 Å². The fourth-order valence-corrected chi connectivity index (χ4v) is 1.56. The molecule has 0 saturated carbocycles. The number of rotatable bonds is 4. The summed E-state index contributed by atoms with van der Waals surface area (Å²) in [6.45, 7) is 6.15. The van der Waals surface area contributed by atoms with Gasteiger partial charge in [-0.1, -0.05) is 12.1 Å². The first-order valence-electron chi connectivity index (χ1n) is 5.36. The second-order valence-electron chi connectivity index (χ2n) is 3.80. The lowest BCUT2D eigenvalue weighted by molar-refractivity contribution is 0.630. The summed E-state index contributed by atoms with van der Waals surface area (Å²) in [4.78, 5) is 4.13. The molecule has 0 radical (unpaired) electrons. The third-order valence-electron chi connectivity index (χ3n) is 2.41. The van der Waals surface area contributed by atoms with Gasteiger partial charge in [-0.05, 0) is 24.6 Å². The molecule has 1 aromatic heterocycles. The predicted molar refractivity (Wildman–Crippen MR) is 66.8 cm³/mol. The Kier molecular flexibility index (Phi) is 3.23. The van der Waals surface area contributed by atoms with Crippen LogP contribution in [0.15, 0.2) is 43.2 Å². The molecule has 2 aromatic rings. The minimum absolute atomic E-state index is 0.279. The number of anilines is 2. The number of nitrogens with one attached hydrogen (secondary N) is 1. The van der Waals surface area contributed by atoms with Gasteiger partial charge in [0.25, 0.3) is 0 Å². The number of aryl methyl sites for hydroxylation is 1. The lowest BCUT2D eigenvalue weighted by Gasteiger charge is -2.09. The number of allylic oxidation sites excluding steroid dienone is 1. The van der Waals surface area contributed by atoms with E-state index in [1.54, 1.807) is 18.3 Å². The highest BCUT2D eigenvalue weighted by molar-refractivity contribution is 5.55. The van der Waals surface area contributed by atoms with Gasteiger partial charge in [-0.15, -0.1) is 6.58 Å². The summed E-state index contributed by atoms with van der Waals surface area (Å²) in [6.07, 6.45) is 5.24. The van der Waals surface area contributed by atoms with Crippen LogP contribution in [-0.2, 0) is 6.54 Å². The summed E-state index contributed by atoms with van der Waals surface area (Å²) in [5.41, 5.74) is 1.31. The molecule has 3 nitrogen and oxygen atoms in total. The Morgan fingerprint density at radius 3 is 3.06 bits per heavy atom. The third kappa shape index (κ3) is 2.53. The second-order valence-corrected chi connectivity index (χ2v) is 3.80. The Labute approximate surface area is 99.6 Å². The first-order chi connectivity index (χ1) is 8.20. The van der Waals surface area contributed by atoms with Gasteiger partial charge in [0, 0.05) is 18.9 Å². The molecule has 1 heterocycles. The smallest absolute Gasteiger partial charge is 0.207 e. The van der Waals surface area contributed by atoms with Gasteiger partial charge in [0.2, 0.25) is 5.95 Å². The van der Waals surface area contributed by atoms with Crippen LogP contribution in [0.1, 0.15) is 5.56 Å². The highest BCUT2D eigenvalue weighted by Crippen LogP contribution is 2.19. The van der Waals surface area contributed by atoms with Crippen molar-refractivity contribution in [1.29, 1.82) is 0 Å². The molecule has 2 rings (SSSR count). The van der Waals surface area contributed by atoms with Gasteiger partial charge in [0.05, 0.1) is 5.69 Å². The molecule has 0 aliphatic rings. The summed E-state index contributed by atoms with van der Waals surface area (Å²) in [5.74, 6) is 0.325. The minimum Gasteiger partial charge on any atom is -0.323 e. The highest BCUT2D eigenvalue weighted by atomic mass is 19.1. The molecule has 0 amide bonds. The molecule has 0 spiro atoms. The normalized spacial score (nSPS) is 10.2. The fraction of sp³-hybridized carbons (Fsp3) is 0.154. The molecule has 0 aliphatic heterocycles. The van der Waals surface area contributed by atoms with Crippen LogP contribution in [0.2, 0.25) is 0 Å². The van der Waals surface area contributed by atoms with Crippen LogP contribution in [0.3, 0.4) is 0 Å². The van der Waals surface area contributed by atoms with Crippen LogP contribution in [-0.4, -0.2) is 9.55 Å². The molecule has 4 heteroatoms. The number of nitrogens with zero attached hydrogens (tertiary/aromatic N) is 2. The van der Waals surface area contributed by atoms with Crippen molar-refractivity contribution in [2.24, 2.45) is 0 Å². The average Bonchev–Trinajstić information content (AvgIpc) is 2.71. The van der Waals surface area contributed by atoms with E-state index in [0.29, 0.717) is 18.2 Å². The molecule has 17 heavy (non-hydrogen) atoms. The number of aromatic nitrogens is 2. The van der Waals surface area contributed by atoms with E-state index >= 15 is 0 Å². The van der Waals surface area contributed by atoms with E-state index in [2.05, 4.69) is 16.9 Å². The molecular weight excluding hydrogens is 217 g/mol. The molecule has 0 aliphatic carbocycles. The molecule has 0 unspecified atom stereocenters. The minimum atomic E-state index is -0.279. The summed E-state index contributed by atoms with van der Waals surface area (Å²) in [5, 5.41) is 2.96. The Hall–Kier alpha value is -2.10. The monoisotopic (exact) mass is 231 g/mol. The Morgan fingerprint density at radius 1 is 1.53 bits per heavy atom. The van der Waals surface area contributed by atoms with Crippen molar-refractivity contribution in [3.05, 3.63) is 54.6 Å². The van der Waals surface area contributed by atoms with E-state index in [1.165, 1.54) is 6.07 Å². The molecule has 0 fully saturated rings. The quantitative estimate of drug-likeness (QED) is 0.818. The molecular formula is C13H14FN3. The number of hydrogen-bond acceptors (Lipinski definition) is 2. The van der Waals surface area contributed by atoms with Crippen LogP contribution in [0.25, 0.3) is 0 Å². The Morgan fingerprint density at radius 2 is 2.35 bits per heavy atom. The highest BCUT2D eigenvalue weighted by Gasteiger charge is 2.06. The van der Waals surface area contributed by atoms with Crippen molar-refractivity contribution in [2.75, 3.05) is 5.32 Å². The van der Waals surface area contributed by atoms with Crippen LogP contribution in [0, 0.1) is 12.7 Å². The zero-order chi connectivity index (χ0) is 12.3. The summed E-state index contributed by atoms with van der Waals surface area (Å²) in [6, 6.07) is 5.05. The first-order valence-corrected chi connectivity index (χ1v) is 5.36. The van der Waals surface area contributed by atoms with Gasteiger partial charge < -0.3 is 9.88 Å². The summed E-state index contributed by atoms with van der Waals surface area (Å²) >= 11 is 0. The van der Waals surface area contributed by atoms with Crippen LogP contribution in [0.4, 0.5) is 16.0 Å². The van der Waals surface area contributed by atoms with E-state index in [-0.39, 0.29) is 5.82 Å².